The zero-order valence-electron chi connectivity index (χ0n) is 12.2. The molecule has 110 valence electrons. The minimum absolute atomic E-state index is 0.0564. The maximum Gasteiger partial charge on any atom is 0.317 e. The highest BCUT2D eigenvalue weighted by Crippen LogP contribution is 2.25. The molecule has 0 saturated heterocycles. The molecule has 0 heterocycles. The Morgan fingerprint density at radius 1 is 1.37 bits per heavy atom. The predicted molar refractivity (Wildman–Crippen MR) is 74.0 cm³/mol. The summed E-state index contributed by atoms with van der Waals surface area (Å²) in [5, 5.41) is 11.7. The van der Waals surface area contributed by atoms with Gasteiger partial charge in [-0.15, -0.1) is 0 Å². The Kier molecular flexibility index (Phi) is 6.12. The van der Waals surface area contributed by atoms with Gasteiger partial charge in [0, 0.05) is 25.0 Å². The number of urea groups is 1. The summed E-state index contributed by atoms with van der Waals surface area (Å²) in [6.07, 6.45) is 4.00. The number of rotatable bonds is 6. The molecule has 1 aliphatic carbocycles. The molecule has 1 fully saturated rings. The number of carboxylic acids is 1. The summed E-state index contributed by atoms with van der Waals surface area (Å²) in [6.45, 7) is 6.58. The van der Waals surface area contributed by atoms with Gasteiger partial charge < -0.3 is 15.3 Å². The third-order valence-corrected chi connectivity index (χ3v) is 3.84. The average Bonchev–Trinajstić information content (AvgIpc) is 2.69. The topological polar surface area (TPSA) is 69.6 Å². The van der Waals surface area contributed by atoms with E-state index in [2.05, 4.69) is 12.2 Å². The van der Waals surface area contributed by atoms with Crippen molar-refractivity contribution in [3.63, 3.8) is 0 Å². The number of amides is 2. The van der Waals surface area contributed by atoms with Crippen LogP contribution in [0.4, 0.5) is 4.79 Å². The van der Waals surface area contributed by atoms with Crippen LogP contribution in [0.1, 0.15) is 52.9 Å². The zero-order valence-corrected chi connectivity index (χ0v) is 12.2. The minimum atomic E-state index is -0.812. The largest absolute Gasteiger partial charge is 0.481 e. The first kappa shape index (κ1) is 15.8. The summed E-state index contributed by atoms with van der Waals surface area (Å²) < 4.78 is 0. The summed E-state index contributed by atoms with van der Waals surface area (Å²) in [5.74, 6) is -0.273. The number of carboxylic acid groups (broad SMARTS) is 1. The molecule has 0 aromatic carbocycles. The molecule has 0 spiro atoms. The number of carbonyl (C=O) groups is 2. The number of aliphatic carboxylic acids is 1. The van der Waals surface area contributed by atoms with Crippen molar-refractivity contribution in [1.29, 1.82) is 0 Å². The fourth-order valence-electron chi connectivity index (χ4n) is 2.60. The highest BCUT2D eigenvalue weighted by atomic mass is 16.4. The molecule has 0 radical (unpaired) electrons. The van der Waals surface area contributed by atoms with Crippen molar-refractivity contribution in [1.82, 2.24) is 10.2 Å². The highest BCUT2D eigenvalue weighted by molar-refractivity contribution is 5.75. The summed E-state index contributed by atoms with van der Waals surface area (Å²) in [7, 11) is 0. The Balaban J connectivity index is 2.45. The summed E-state index contributed by atoms with van der Waals surface area (Å²) in [6, 6.07) is 0.304. The van der Waals surface area contributed by atoms with Crippen molar-refractivity contribution in [2.45, 2.75) is 65.0 Å². The lowest BCUT2D eigenvalue weighted by Gasteiger charge is -2.29. The number of hydrogen-bond acceptors (Lipinski definition) is 2. The Labute approximate surface area is 115 Å². The molecule has 5 heteroatoms. The lowest BCUT2D eigenvalue weighted by molar-refractivity contribution is -0.137. The van der Waals surface area contributed by atoms with E-state index in [-0.39, 0.29) is 24.5 Å². The van der Waals surface area contributed by atoms with Crippen LogP contribution < -0.4 is 5.32 Å². The van der Waals surface area contributed by atoms with Crippen LogP contribution in [0.15, 0.2) is 0 Å². The molecule has 1 saturated carbocycles. The maximum atomic E-state index is 12.2. The molecule has 0 aromatic heterocycles. The third-order valence-electron chi connectivity index (χ3n) is 3.84. The molecule has 2 N–H and O–H groups in total. The van der Waals surface area contributed by atoms with Crippen molar-refractivity contribution in [3.05, 3.63) is 0 Å². The van der Waals surface area contributed by atoms with Crippen LogP contribution in [0, 0.1) is 5.92 Å². The van der Waals surface area contributed by atoms with Crippen LogP contribution in [-0.2, 0) is 4.79 Å². The van der Waals surface area contributed by atoms with Crippen molar-refractivity contribution in [2.75, 3.05) is 6.54 Å². The quantitative estimate of drug-likeness (QED) is 0.779. The minimum Gasteiger partial charge on any atom is -0.481 e. The van der Waals surface area contributed by atoms with Gasteiger partial charge in [-0.2, -0.15) is 0 Å². The zero-order chi connectivity index (χ0) is 14.4. The molecule has 5 nitrogen and oxygen atoms in total. The number of nitrogens with one attached hydrogen (secondary N) is 1. The van der Waals surface area contributed by atoms with E-state index in [1.54, 1.807) is 4.90 Å². The predicted octanol–water partition coefficient (Wildman–Crippen LogP) is 2.46. The van der Waals surface area contributed by atoms with Crippen LogP contribution in [0.3, 0.4) is 0 Å². The lowest BCUT2D eigenvalue weighted by atomic mass is 10.1. The number of carbonyl (C=O) groups excluding carboxylic acids is 1. The summed E-state index contributed by atoms with van der Waals surface area (Å²) in [4.78, 5) is 24.5. The third kappa shape index (κ3) is 5.09. The van der Waals surface area contributed by atoms with Crippen molar-refractivity contribution in [2.24, 2.45) is 5.92 Å². The molecule has 2 unspecified atom stereocenters. The molecule has 0 bridgehead atoms. The molecule has 0 aromatic rings. The second-order valence-corrected chi connectivity index (χ2v) is 5.75. The van der Waals surface area contributed by atoms with Gasteiger partial charge in [0.25, 0.3) is 0 Å². The molecule has 19 heavy (non-hydrogen) atoms. The van der Waals surface area contributed by atoms with Gasteiger partial charge in [-0.3, -0.25) is 4.79 Å². The lowest BCUT2D eigenvalue weighted by Crippen LogP contribution is -2.48. The van der Waals surface area contributed by atoms with Crippen LogP contribution in [0.5, 0.6) is 0 Å². The maximum absolute atomic E-state index is 12.2. The second kappa shape index (κ2) is 7.36. The highest BCUT2D eigenvalue weighted by Gasteiger charge is 2.27. The Morgan fingerprint density at radius 2 is 2.05 bits per heavy atom. The van der Waals surface area contributed by atoms with Gasteiger partial charge in [-0.25, -0.2) is 4.79 Å². The van der Waals surface area contributed by atoms with Crippen molar-refractivity contribution < 1.29 is 14.7 Å². The van der Waals surface area contributed by atoms with E-state index in [1.165, 1.54) is 12.8 Å². The van der Waals surface area contributed by atoms with Gasteiger partial charge in [0.1, 0.15) is 0 Å². The molecule has 1 rings (SSSR count). The van der Waals surface area contributed by atoms with Gasteiger partial charge in [-0.1, -0.05) is 13.3 Å². The first-order valence-corrected chi connectivity index (χ1v) is 7.20. The van der Waals surface area contributed by atoms with E-state index in [1.807, 2.05) is 13.8 Å². The monoisotopic (exact) mass is 270 g/mol. The fraction of sp³-hybridized carbons (Fsp3) is 0.857. The van der Waals surface area contributed by atoms with Crippen molar-refractivity contribution in [3.8, 4) is 0 Å². The first-order chi connectivity index (χ1) is 8.91. The number of hydrogen-bond donors (Lipinski definition) is 2. The molecule has 2 atom stereocenters. The van der Waals surface area contributed by atoms with Crippen LogP contribution in [-0.4, -0.2) is 40.6 Å². The van der Waals surface area contributed by atoms with E-state index in [4.69, 9.17) is 5.11 Å². The van der Waals surface area contributed by atoms with Gasteiger partial charge >= 0.3 is 12.0 Å². The smallest absolute Gasteiger partial charge is 0.317 e. The van der Waals surface area contributed by atoms with E-state index in [9.17, 15) is 9.59 Å². The van der Waals surface area contributed by atoms with Gasteiger partial charge in [0.15, 0.2) is 0 Å². The van der Waals surface area contributed by atoms with Crippen LogP contribution in [0.2, 0.25) is 0 Å². The Bertz CT molecular complexity index is 318. The van der Waals surface area contributed by atoms with E-state index in [0.717, 1.165) is 6.42 Å². The van der Waals surface area contributed by atoms with Gasteiger partial charge in [0.2, 0.25) is 0 Å². The number of nitrogens with zero attached hydrogens (tertiary/aromatic N) is 1. The van der Waals surface area contributed by atoms with E-state index in [0.29, 0.717) is 18.9 Å². The Morgan fingerprint density at radius 3 is 2.53 bits per heavy atom. The SMILES string of the molecule is CC1CCCC1NC(=O)N(CCCC(=O)O)C(C)C. The molecule has 1 aliphatic rings. The van der Waals surface area contributed by atoms with Crippen LogP contribution >= 0.6 is 0 Å². The fourth-order valence-corrected chi connectivity index (χ4v) is 2.60. The van der Waals surface area contributed by atoms with Crippen molar-refractivity contribution >= 4 is 12.0 Å². The summed E-state index contributed by atoms with van der Waals surface area (Å²) in [5.41, 5.74) is 0. The molecule has 0 aliphatic heterocycles. The van der Waals surface area contributed by atoms with Gasteiger partial charge in [-0.05, 0) is 39.0 Å². The standard InChI is InChI=1S/C14H26N2O3/c1-10(2)16(9-5-8-13(17)18)14(19)15-12-7-4-6-11(12)3/h10-12H,4-9H2,1-3H3,(H,15,19)(H,17,18). The summed E-state index contributed by atoms with van der Waals surface area (Å²) >= 11 is 0. The van der Waals surface area contributed by atoms with Crippen LogP contribution in [0.25, 0.3) is 0 Å². The second-order valence-electron chi connectivity index (χ2n) is 5.75. The first-order valence-electron chi connectivity index (χ1n) is 7.20. The molecular weight excluding hydrogens is 244 g/mol. The van der Waals surface area contributed by atoms with E-state index >= 15 is 0 Å². The van der Waals surface area contributed by atoms with Gasteiger partial charge in [0.05, 0.1) is 0 Å². The molecule has 2 amide bonds. The Hall–Kier alpha value is -1.26. The normalized spacial score (nSPS) is 22.5. The molecular formula is C14H26N2O3. The average molecular weight is 270 g/mol. The van der Waals surface area contributed by atoms with E-state index < -0.39 is 5.97 Å².